The summed E-state index contributed by atoms with van der Waals surface area (Å²) in [4.78, 5) is 62.5. The van der Waals surface area contributed by atoms with E-state index < -0.39 is 48.0 Å². The van der Waals surface area contributed by atoms with Gasteiger partial charge >= 0.3 is 17.9 Å². The van der Waals surface area contributed by atoms with E-state index in [4.69, 9.17) is 18.9 Å². The van der Waals surface area contributed by atoms with Crippen molar-refractivity contribution in [3.8, 4) is 0 Å². The number of ether oxygens (including phenoxy) is 4. The maximum Gasteiger partial charge on any atom is 0.338 e. The topological polar surface area (TPSA) is 152 Å². The highest BCUT2D eigenvalue weighted by atomic mass is 16.7. The predicted octanol–water partition coefficient (Wildman–Crippen LogP) is 3.33. The number of benzene rings is 3. The Morgan fingerprint density at radius 3 is 1.86 bits per heavy atom. The van der Waals surface area contributed by atoms with Gasteiger partial charge in [0, 0.05) is 0 Å². The van der Waals surface area contributed by atoms with Crippen LogP contribution >= 0.6 is 0 Å². The molecule has 0 bridgehead atoms. The third-order valence-electron chi connectivity index (χ3n) is 6.82. The molecule has 43 heavy (non-hydrogen) atoms. The van der Waals surface area contributed by atoms with Gasteiger partial charge in [-0.2, -0.15) is 0 Å². The van der Waals surface area contributed by atoms with Crippen LogP contribution in [0.15, 0.2) is 108 Å². The maximum absolute atomic E-state index is 13.3. The van der Waals surface area contributed by atoms with E-state index in [1.807, 2.05) is 0 Å². The fourth-order valence-corrected chi connectivity index (χ4v) is 4.73. The number of hydrogen-bond donors (Lipinski definition) is 1. The van der Waals surface area contributed by atoms with Gasteiger partial charge in [-0.3, -0.25) is 9.36 Å². The number of H-pyrrole nitrogens is 1. The van der Waals surface area contributed by atoms with Crippen LogP contribution in [-0.4, -0.2) is 62.3 Å². The molecule has 0 spiro atoms. The first-order valence-electron chi connectivity index (χ1n) is 13.3. The lowest BCUT2D eigenvalue weighted by Crippen LogP contribution is -2.41. The molecule has 6 rings (SSSR count). The average molecular weight is 581 g/mol. The lowest BCUT2D eigenvalue weighted by Gasteiger charge is -2.25. The zero-order valence-corrected chi connectivity index (χ0v) is 22.4. The van der Waals surface area contributed by atoms with Crippen LogP contribution in [0.4, 0.5) is 0 Å². The number of aromatic amines is 1. The molecule has 12 nitrogen and oxygen atoms in total. The van der Waals surface area contributed by atoms with Crippen LogP contribution in [0.2, 0.25) is 0 Å². The van der Waals surface area contributed by atoms with E-state index in [1.54, 1.807) is 91.0 Å². The van der Waals surface area contributed by atoms with Gasteiger partial charge in [0.05, 0.1) is 29.3 Å². The van der Waals surface area contributed by atoms with Crippen molar-refractivity contribution in [2.75, 3.05) is 6.61 Å². The Hall–Kier alpha value is -5.62. The minimum Gasteiger partial charge on any atom is -0.459 e. The fraction of sp³-hybridized carbons (Fsp3) is 0.161. The first kappa shape index (κ1) is 27.5. The van der Waals surface area contributed by atoms with Crippen LogP contribution in [0.25, 0.3) is 11.2 Å². The van der Waals surface area contributed by atoms with Crippen molar-refractivity contribution in [2.24, 2.45) is 0 Å². The third kappa shape index (κ3) is 5.76. The Kier molecular flexibility index (Phi) is 7.74. The summed E-state index contributed by atoms with van der Waals surface area (Å²) < 4.78 is 25.1. The predicted molar refractivity (Wildman–Crippen MR) is 150 cm³/mol. The van der Waals surface area contributed by atoms with Gasteiger partial charge in [0.1, 0.15) is 12.7 Å². The van der Waals surface area contributed by atoms with Crippen LogP contribution < -0.4 is 5.56 Å². The highest BCUT2D eigenvalue weighted by Crippen LogP contribution is 2.36. The number of carbonyl (C=O) groups excluding carboxylic acids is 3. The second-order valence-corrected chi connectivity index (χ2v) is 9.56. The van der Waals surface area contributed by atoms with E-state index in [1.165, 1.54) is 17.2 Å². The SMILES string of the molecule is O=C(OC[C@H]1O[C@@H](n2cnc3c(=O)[nH]cnc32)[C@H](OC(=O)c2ccccc2)[C@@H]1OC(=O)c1ccccc1)c1ccccc1. The second kappa shape index (κ2) is 12.1. The zero-order valence-electron chi connectivity index (χ0n) is 22.4. The van der Waals surface area contributed by atoms with Gasteiger partial charge in [0.2, 0.25) is 0 Å². The first-order valence-corrected chi connectivity index (χ1v) is 13.3. The number of fused-ring (bicyclic) bond motifs is 1. The van der Waals surface area contributed by atoms with E-state index in [-0.39, 0.29) is 28.9 Å². The van der Waals surface area contributed by atoms with Crippen LogP contribution in [0, 0.1) is 0 Å². The number of esters is 3. The molecule has 216 valence electrons. The van der Waals surface area contributed by atoms with Crippen molar-refractivity contribution in [2.45, 2.75) is 24.5 Å². The average Bonchev–Trinajstić information content (AvgIpc) is 3.63. The summed E-state index contributed by atoms with van der Waals surface area (Å²) in [6, 6.07) is 24.9. The molecule has 2 aromatic heterocycles. The third-order valence-corrected chi connectivity index (χ3v) is 6.82. The molecule has 1 N–H and O–H groups in total. The summed E-state index contributed by atoms with van der Waals surface area (Å²) in [7, 11) is 0. The minimum atomic E-state index is -1.26. The summed E-state index contributed by atoms with van der Waals surface area (Å²) in [6.45, 7) is -0.350. The molecule has 4 atom stereocenters. The summed E-state index contributed by atoms with van der Waals surface area (Å²) in [5, 5.41) is 0. The summed E-state index contributed by atoms with van der Waals surface area (Å²) >= 11 is 0. The molecule has 0 radical (unpaired) electrons. The molecule has 1 fully saturated rings. The highest BCUT2D eigenvalue weighted by molar-refractivity contribution is 5.91. The van der Waals surface area contributed by atoms with E-state index in [0.29, 0.717) is 5.56 Å². The molecule has 5 aromatic rings. The number of rotatable bonds is 8. The van der Waals surface area contributed by atoms with Crippen molar-refractivity contribution in [3.05, 3.63) is 131 Å². The van der Waals surface area contributed by atoms with Crippen LogP contribution in [0.5, 0.6) is 0 Å². The van der Waals surface area contributed by atoms with Crippen molar-refractivity contribution in [1.82, 2.24) is 19.5 Å². The van der Waals surface area contributed by atoms with Gasteiger partial charge in [0.25, 0.3) is 5.56 Å². The Morgan fingerprint density at radius 2 is 1.28 bits per heavy atom. The largest absolute Gasteiger partial charge is 0.459 e. The summed E-state index contributed by atoms with van der Waals surface area (Å²) in [6.07, 6.45) is -2.24. The second-order valence-electron chi connectivity index (χ2n) is 9.56. The molecular weight excluding hydrogens is 556 g/mol. The van der Waals surface area contributed by atoms with Gasteiger partial charge in [0.15, 0.2) is 29.6 Å². The van der Waals surface area contributed by atoms with Gasteiger partial charge in [-0.05, 0) is 36.4 Å². The van der Waals surface area contributed by atoms with Crippen LogP contribution in [-0.2, 0) is 18.9 Å². The van der Waals surface area contributed by atoms with Crippen LogP contribution in [0.1, 0.15) is 37.3 Å². The van der Waals surface area contributed by atoms with Crippen molar-refractivity contribution < 1.29 is 33.3 Å². The smallest absolute Gasteiger partial charge is 0.338 e. The zero-order chi connectivity index (χ0) is 29.8. The van der Waals surface area contributed by atoms with Crippen LogP contribution in [0.3, 0.4) is 0 Å². The molecule has 3 heterocycles. The fourth-order valence-electron chi connectivity index (χ4n) is 4.73. The van der Waals surface area contributed by atoms with Crippen molar-refractivity contribution >= 4 is 29.1 Å². The van der Waals surface area contributed by atoms with Gasteiger partial charge in [-0.1, -0.05) is 54.6 Å². The maximum atomic E-state index is 13.3. The Morgan fingerprint density at radius 1 is 0.744 bits per heavy atom. The number of carbonyl (C=O) groups is 3. The lowest BCUT2D eigenvalue weighted by molar-refractivity contribution is -0.0606. The number of nitrogens with zero attached hydrogens (tertiary/aromatic N) is 3. The molecule has 0 aliphatic carbocycles. The number of imidazole rings is 1. The lowest BCUT2D eigenvalue weighted by atomic mass is 10.1. The molecule has 1 aliphatic heterocycles. The standard InChI is InChI=1S/C31H24N4O8/c36-27-23-26(32-17-33-27)35(18-34-23)28-25(43-31(39)21-14-8-3-9-15-21)24(42-30(38)20-12-6-2-7-13-20)22(41-28)16-40-29(37)19-10-4-1-5-11-19/h1-15,17-18,22,24-25,28H,16H2,(H,32,33,36)/t22-,24-,25-,28-/m1/s1. The van der Waals surface area contributed by atoms with Crippen molar-refractivity contribution in [3.63, 3.8) is 0 Å². The van der Waals surface area contributed by atoms with Crippen molar-refractivity contribution in [1.29, 1.82) is 0 Å². The van der Waals surface area contributed by atoms with E-state index in [9.17, 15) is 19.2 Å². The molecular formula is C31H24N4O8. The molecule has 1 saturated heterocycles. The number of aromatic nitrogens is 4. The molecule has 3 aromatic carbocycles. The molecule has 12 heteroatoms. The molecule has 0 saturated carbocycles. The van der Waals surface area contributed by atoms with Gasteiger partial charge in [-0.25, -0.2) is 24.4 Å². The summed E-state index contributed by atoms with van der Waals surface area (Å²) in [5.41, 5.74) is 0.491. The van der Waals surface area contributed by atoms with E-state index in [0.717, 1.165) is 0 Å². The van der Waals surface area contributed by atoms with E-state index >= 15 is 0 Å². The van der Waals surface area contributed by atoms with E-state index in [2.05, 4.69) is 15.0 Å². The molecule has 0 amide bonds. The van der Waals surface area contributed by atoms with Gasteiger partial charge in [-0.15, -0.1) is 0 Å². The Labute approximate surface area is 243 Å². The molecule has 1 aliphatic rings. The highest BCUT2D eigenvalue weighted by Gasteiger charge is 2.51. The summed E-state index contributed by atoms with van der Waals surface area (Å²) in [5.74, 6) is -2.04. The first-order chi connectivity index (χ1) is 21.0. The van der Waals surface area contributed by atoms with Gasteiger partial charge < -0.3 is 23.9 Å². The molecule has 0 unspecified atom stereocenters. The Bertz CT molecular complexity index is 1810. The quantitative estimate of drug-likeness (QED) is 0.214. The number of nitrogens with one attached hydrogen (secondary N) is 1. The minimum absolute atomic E-state index is 0.0241. The monoisotopic (exact) mass is 580 g/mol. The number of hydrogen-bond acceptors (Lipinski definition) is 10. The normalized spacial score (nSPS) is 19.5. The Balaban J connectivity index is 1.37.